The van der Waals surface area contributed by atoms with E-state index in [4.69, 9.17) is 0 Å². The highest BCUT2D eigenvalue weighted by Gasteiger charge is 2.10. The van der Waals surface area contributed by atoms with Crippen molar-refractivity contribution in [2.75, 3.05) is 0 Å². The second-order valence-electron chi connectivity index (χ2n) is 4.38. The number of Topliss-reactive ketones (excluding diaryl/α,β-unsaturated/α-hetero) is 1. The van der Waals surface area contributed by atoms with E-state index in [-0.39, 0.29) is 5.78 Å². The first-order valence-electron chi connectivity index (χ1n) is 5.77. The number of pyridine rings is 1. The summed E-state index contributed by atoms with van der Waals surface area (Å²) < 4.78 is 0.934. The number of rotatable bonds is 3. The van der Waals surface area contributed by atoms with Crippen molar-refractivity contribution in [3.8, 4) is 0 Å². The van der Waals surface area contributed by atoms with Crippen LogP contribution in [0.2, 0.25) is 0 Å². The van der Waals surface area contributed by atoms with Crippen LogP contribution in [0.1, 0.15) is 27.2 Å². The minimum absolute atomic E-state index is 0.0983. The Bertz CT molecular complexity index is 573. The first kappa shape index (κ1) is 13.0. The minimum atomic E-state index is 0.0983. The van der Waals surface area contributed by atoms with Gasteiger partial charge in [0.25, 0.3) is 0 Å². The van der Waals surface area contributed by atoms with Crippen LogP contribution >= 0.6 is 15.9 Å². The van der Waals surface area contributed by atoms with Gasteiger partial charge in [0.15, 0.2) is 5.78 Å². The van der Waals surface area contributed by atoms with Gasteiger partial charge >= 0.3 is 0 Å². The third kappa shape index (κ3) is 3.05. The average molecular weight is 304 g/mol. The Morgan fingerprint density at radius 2 is 2.06 bits per heavy atom. The molecule has 3 heteroatoms. The molecule has 0 amide bonds. The number of nitrogens with zero attached hydrogens (tertiary/aromatic N) is 1. The van der Waals surface area contributed by atoms with E-state index in [2.05, 4.69) is 20.9 Å². The van der Waals surface area contributed by atoms with Crippen LogP contribution in [-0.2, 0) is 6.42 Å². The molecular formula is C15H14BrNO. The van der Waals surface area contributed by atoms with E-state index < -0.39 is 0 Å². The van der Waals surface area contributed by atoms with Crippen LogP contribution in [-0.4, -0.2) is 10.8 Å². The number of carbonyl (C=O) groups is 1. The predicted octanol–water partition coefficient (Wildman–Crippen LogP) is 3.89. The van der Waals surface area contributed by atoms with Crippen molar-refractivity contribution in [2.45, 2.75) is 20.3 Å². The van der Waals surface area contributed by atoms with Crippen molar-refractivity contribution in [2.24, 2.45) is 0 Å². The highest BCUT2D eigenvalue weighted by atomic mass is 79.9. The molecule has 0 unspecified atom stereocenters. The van der Waals surface area contributed by atoms with Crippen LogP contribution in [0, 0.1) is 13.8 Å². The fourth-order valence-corrected chi connectivity index (χ4v) is 2.46. The summed E-state index contributed by atoms with van der Waals surface area (Å²) in [5, 5.41) is 0. The van der Waals surface area contributed by atoms with Crippen LogP contribution in [0.3, 0.4) is 0 Å². The molecule has 0 bridgehead atoms. The highest BCUT2D eigenvalue weighted by Crippen LogP contribution is 2.17. The molecule has 0 aliphatic heterocycles. The molecule has 0 saturated carbocycles. The van der Waals surface area contributed by atoms with Crippen LogP contribution in [0.4, 0.5) is 0 Å². The number of hydrogen-bond donors (Lipinski definition) is 0. The zero-order valence-corrected chi connectivity index (χ0v) is 12.0. The molecule has 0 aliphatic carbocycles. The maximum absolute atomic E-state index is 12.2. The minimum Gasteiger partial charge on any atom is -0.294 e. The lowest BCUT2D eigenvalue weighted by Crippen LogP contribution is -2.06. The van der Waals surface area contributed by atoms with Crippen molar-refractivity contribution in [3.05, 3.63) is 63.4 Å². The Kier molecular flexibility index (Phi) is 3.92. The van der Waals surface area contributed by atoms with Crippen LogP contribution in [0.15, 0.2) is 41.0 Å². The lowest BCUT2D eigenvalue weighted by atomic mass is 10.0. The first-order chi connectivity index (χ1) is 8.56. The normalized spacial score (nSPS) is 10.4. The molecule has 0 aliphatic rings. The van der Waals surface area contributed by atoms with Crippen molar-refractivity contribution < 1.29 is 4.79 Å². The predicted molar refractivity (Wildman–Crippen MR) is 75.9 cm³/mol. The fourth-order valence-electron chi connectivity index (χ4n) is 1.85. The van der Waals surface area contributed by atoms with Gasteiger partial charge in [0.1, 0.15) is 0 Å². The monoisotopic (exact) mass is 303 g/mol. The van der Waals surface area contributed by atoms with Crippen molar-refractivity contribution >= 4 is 21.7 Å². The number of benzene rings is 1. The topological polar surface area (TPSA) is 30.0 Å². The fraction of sp³-hybridized carbons (Fsp3) is 0.200. The summed E-state index contributed by atoms with van der Waals surface area (Å²) in [6, 6.07) is 9.61. The summed E-state index contributed by atoms with van der Waals surface area (Å²) >= 11 is 3.41. The van der Waals surface area contributed by atoms with Gasteiger partial charge < -0.3 is 0 Å². The lowest BCUT2D eigenvalue weighted by Gasteiger charge is -2.05. The van der Waals surface area contributed by atoms with Gasteiger partial charge in [-0.25, -0.2) is 0 Å². The summed E-state index contributed by atoms with van der Waals surface area (Å²) in [6.45, 7) is 3.95. The maximum Gasteiger partial charge on any atom is 0.168 e. The van der Waals surface area contributed by atoms with Gasteiger partial charge in [0.05, 0.1) is 12.1 Å². The smallest absolute Gasteiger partial charge is 0.168 e. The lowest BCUT2D eigenvalue weighted by molar-refractivity contribution is 0.0991. The second-order valence-corrected chi connectivity index (χ2v) is 5.30. The molecule has 92 valence electrons. The Morgan fingerprint density at radius 3 is 2.72 bits per heavy atom. The highest BCUT2D eigenvalue weighted by molar-refractivity contribution is 9.10. The van der Waals surface area contributed by atoms with E-state index in [1.54, 1.807) is 6.20 Å². The van der Waals surface area contributed by atoms with Gasteiger partial charge in [0, 0.05) is 16.2 Å². The van der Waals surface area contributed by atoms with E-state index >= 15 is 0 Å². The molecule has 2 aromatic rings. The standard InChI is InChI=1S/C15H14BrNO/c1-10-6-12(8-13(16)7-10)15(18)9-14-11(2)4-3-5-17-14/h3-8H,9H2,1-2H3. The molecule has 0 atom stereocenters. The first-order valence-corrected chi connectivity index (χ1v) is 6.56. The molecular weight excluding hydrogens is 290 g/mol. The molecule has 18 heavy (non-hydrogen) atoms. The van der Waals surface area contributed by atoms with Gasteiger partial charge in [0.2, 0.25) is 0 Å². The van der Waals surface area contributed by atoms with Crippen LogP contribution in [0.25, 0.3) is 0 Å². The number of carbonyl (C=O) groups excluding carboxylic acids is 1. The van der Waals surface area contributed by atoms with E-state index in [0.717, 1.165) is 26.9 Å². The van der Waals surface area contributed by atoms with E-state index in [1.807, 2.05) is 44.2 Å². The van der Waals surface area contributed by atoms with Gasteiger partial charge in [-0.2, -0.15) is 0 Å². The molecule has 0 N–H and O–H groups in total. The zero-order valence-electron chi connectivity index (χ0n) is 10.4. The summed E-state index contributed by atoms with van der Waals surface area (Å²) in [7, 11) is 0. The average Bonchev–Trinajstić information content (AvgIpc) is 2.31. The Labute approximate surface area is 115 Å². The number of hydrogen-bond acceptors (Lipinski definition) is 2. The second kappa shape index (κ2) is 5.44. The number of halogens is 1. The molecule has 0 saturated heterocycles. The van der Waals surface area contributed by atoms with Crippen molar-refractivity contribution in [1.29, 1.82) is 0 Å². The van der Waals surface area contributed by atoms with Gasteiger partial charge in [-0.1, -0.05) is 22.0 Å². The van der Waals surface area contributed by atoms with Crippen molar-refractivity contribution in [3.63, 3.8) is 0 Å². The van der Waals surface area contributed by atoms with Gasteiger partial charge in [-0.05, 0) is 49.2 Å². The number of aromatic nitrogens is 1. The Hall–Kier alpha value is -1.48. The van der Waals surface area contributed by atoms with Gasteiger partial charge in [-0.3, -0.25) is 9.78 Å². The van der Waals surface area contributed by atoms with E-state index in [9.17, 15) is 4.79 Å². The van der Waals surface area contributed by atoms with E-state index in [1.165, 1.54) is 0 Å². The molecule has 0 radical (unpaired) electrons. The summed E-state index contributed by atoms with van der Waals surface area (Å²) in [4.78, 5) is 16.5. The van der Waals surface area contributed by atoms with Crippen LogP contribution < -0.4 is 0 Å². The maximum atomic E-state index is 12.2. The summed E-state index contributed by atoms with van der Waals surface area (Å²) in [6.07, 6.45) is 2.07. The third-order valence-electron chi connectivity index (χ3n) is 2.81. The van der Waals surface area contributed by atoms with E-state index in [0.29, 0.717) is 6.42 Å². The molecule has 1 aromatic heterocycles. The number of aryl methyl sites for hydroxylation is 2. The Morgan fingerprint density at radius 1 is 1.28 bits per heavy atom. The zero-order chi connectivity index (χ0) is 13.1. The Balaban J connectivity index is 2.25. The molecule has 0 fully saturated rings. The van der Waals surface area contributed by atoms with Crippen molar-refractivity contribution in [1.82, 2.24) is 4.98 Å². The van der Waals surface area contributed by atoms with Gasteiger partial charge in [-0.15, -0.1) is 0 Å². The molecule has 2 rings (SSSR count). The molecule has 2 nitrogen and oxygen atoms in total. The molecule has 1 heterocycles. The summed E-state index contributed by atoms with van der Waals surface area (Å²) in [5.74, 6) is 0.0983. The third-order valence-corrected chi connectivity index (χ3v) is 3.27. The van der Waals surface area contributed by atoms with Crippen LogP contribution in [0.5, 0.6) is 0 Å². The molecule has 0 spiro atoms. The summed E-state index contributed by atoms with van der Waals surface area (Å²) in [5.41, 5.74) is 3.70. The number of ketones is 1. The SMILES string of the molecule is Cc1cc(Br)cc(C(=O)Cc2ncccc2C)c1. The quantitative estimate of drug-likeness (QED) is 0.805. The molecule has 1 aromatic carbocycles. The largest absolute Gasteiger partial charge is 0.294 e.